The van der Waals surface area contributed by atoms with E-state index in [1.54, 1.807) is 37.6 Å². The zero-order valence-corrected chi connectivity index (χ0v) is 22.6. The molecule has 41 heavy (non-hydrogen) atoms. The number of aromatic amines is 2. The van der Waals surface area contributed by atoms with Gasteiger partial charge in [-0.25, -0.2) is 0 Å². The van der Waals surface area contributed by atoms with E-state index in [0.29, 0.717) is 11.3 Å². The van der Waals surface area contributed by atoms with E-state index < -0.39 is 0 Å². The van der Waals surface area contributed by atoms with Gasteiger partial charge < -0.3 is 10.3 Å². The molecule has 3 N–H and O–H groups in total. The number of amides is 1. The smallest absolute Gasteiger partial charge is 0.255 e. The van der Waals surface area contributed by atoms with Crippen molar-refractivity contribution in [3.63, 3.8) is 0 Å². The number of H-pyrrole nitrogens is 2. The summed E-state index contributed by atoms with van der Waals surface area (Å²) in [5.74, 6) is -0.140. The fourth-order valence-electron chi connectivity index (χ4n) is 4.90. The highest BCUT2D eigenvalue weighted by Gasteiger charge is 2.16. The van der Waals surface area contributed by atoms with E-state index in [0.717, 1.165) is 59.6 Å². The Morgan fingerprint density at radius 2 is 1.66 bits per heavy atom. The molecule has 8 nitrogen and oxygen atoms in total. The molecular formula is C32H22N6O2S. The molecule has 7 aromatic rings. The molecule has 0 aliphatic carbocycles. The van der Waals surface area contributed by atoms with Crippen LogP contribution in [0.4, 0.5) is 5.69 Å². The summed E-state index contributed by atoms with van der Waals surface area (Å²) in [6.07, 6.45) is 7.03. The molecule has 7 rings (SSSR count). The van der Waals surface area contributed by atoms with Crippen LogP contribution in [0, 0.1) is 0 Å². The van der Waals surface area contributed by atoms with Gasteiger partial charge in [-0.05, 0) is 61.0 Å². The molecule has 5 heterocycles. The molecule has 0 spiro atoms. The Bertz CT molecular complexity index is 2090. The number of anilines is 1. The lowest BCUT2D eigenvalue weighted by Gasteiger charge is -2.08. The minimum atomic E-state index is -0.190. The highest BCUT2D eigenvalue weighted by atomic mass is 32.1. The highest BCUT2D eigenvalue weighted by molar-refractivity contribution is 7.17. The molecule has 1 amide bonds. The number of nitrogens with one attached hydrogen (secondary N) is 3. The first-order chi connectivity index (χ1) is 20.0. The number of thiophene rings is 1. The van der Waals surface area contributed by atoms with Gasteiger partial charge in [0.1, 0.15) is 5.69 Å². The maximum absolute atomic E-state index is 12.6. The van der Waals surface area contributed by atoms with Gasteiger partial charge in [0.2, 0.25) is 0 Å². The number of aromatic nitrogens is 5. The zero-order valence-electron chi connectivity index (χ0n) is 21.8. The molecule has 0 saturated carbocycles. The van der Waals surface area contributed by atoms with Crippen LogP contribution in [0.3, 0.4) is 0 Å². The van der Waals surface area contributed by atoms with E-state index in [9.17, 15) is 9.59 Å². The van der Waals surface area contributed by atoms with Gasteiger partial charge in [-0.2, -0.15) is 5.10 Å². The second-order valence-corrected chi connectivity index (χ2v) is 10.8. The molecule has 0 aliphatic rings. The molecule has 0 fully saturated rings. The van der Waals surface area contributed by atoms with Crippen LogP contribution >= 0.6 is 11.3 Å². The molecule has 0 bridgehead atoms. The lowest BCUT2D eigenvalue weighted by Crippen LogP contribution is -2.11. The number of pyridine rings is 2. The number of hydrogen-bond acceptors (Lipinski definition) is 6. The van der Waals surface area contributed by atoms with Crippen molar-refractivity contribution >= 4 is 50.5 Å². The molecule has 0 saturated heterocycles. The minimum Gasteiger partial charge on any atom is -0.352 e. The first-order valence-corrected chi connectivity index (χ1v) is 13.7. The predicted molar refractivity (Wildman–Crippen MR) is 162 cm³/mol. The maximum atomic E-state index is 12.6. The number of ketones is 1. The van der Waals surface area contributed by atoms with Crippen molar-refractivity contribution in [2.75, 3.05) is 5.32 Å². The zero-order chi connectivity index (χ0) is 27.9. The third-order valence-electron chi connectivity index (χ3n) is 6.95. The van der Waals surface area contributed by atoms with Crippen LogP contribution in [0.1, 0.15) is 27.0 Å². The van der Waals surface area contributed by atoms with Crippen LogP contribution in [0.15, 0.2) is 97.6 Å². The summed E-state index contributed by atoms with van der Waals surface area (Å²) >= 11 is 1.46. The summed E-state index contributed by atoms with van der Waals surface area (Å²) in [5.41, 5.74) is 7.37. The Morgan fingerprint density at radius 1 is 0.805 bits per heavy atom. The van der Waals surface area contributed by atoms with Crippen LogP contribution in [-0.2, 0) is 0 Å². The summed E-state index contributed by atoms with van der Waals surface area (Å²) in [7, 11) is 0. The standard InChI is InChI=1S/C32H22N6O2S/c1-18(39)29-9-10-30(41-29)25-16-34-17-28-23(25)13-27(36-28)31-24-12-20(7-8-26(24)37-38-31)21-11-22(15-33-14-21)35-32(40)19-5-3-2-4-6-19/h2-17,36H,1H3,(H,35,40)(H,37,38). The van der Waals surface area contributed by atoms with Crippen LogP contribution in [0.2, 0.25) is 0 Å². The summed E-state index contributed by atoms with van der Waals surface area (Å²) in [4.78, 5) is 38.5. The monoisotopic (exact) mass is 554 g/mol. The quantitative estimate of drug-likeness (QED) is 0.186. The number of carbonyl (C=O) groups excluding carboxylic acids is 2. The fourth-order valence-corrected chi connectivity index (χ4v) is 5.83. The lowest BCUT2D eigenvalue weighted by atomic mass is 10.0. The highest BCUT2D eigenvalue weighted by Crippen LogP contribution is 2.37. The molecular weight excluding hydrogens is 532 g/mol. The van der Waals surface area contributed by atoms with Gasteiger partial charge in [-0.15, -0.1) is 11.3 Å². The molecule has 9 heteroatoms. The van der Waals surface area contributed by atoms with E-state index >= 15 is 0 Å². The van der Waals surface area contributed by atoms with Crippen molar-refractivity contribution in [1.82, 2.24) is 25.1 Å². The molecule has 5 aromatic heterocycles. The average Bonchev–Trinajstić information content (AvgIpc) is 3.75. The normalized spacial score (nSPS) is 11.2. The van der Waals surface area contributed by atoms with Crippen molar-refractivity contribution in [3.05, 3.63) is 108 Å². The summed E-state index contributed by atoms with van der Waals surface area (Å²) in [5, 5.41) is 12.6. The number of carbonyl (C=O) groups is 2. The predicted octanol–water partition coefficient (Wildman–Crippen LogP) is 7.35. The van der Waals surface area contributed by atoms with Gasteiger partial charge in [-0.1, -0.05) is 24.3 Å². The van der Waals surface area contributed by atoms with Gasteiger partial charge in [0.05, 0.1) is 39.7 Å². The largest absolute Gasteiger partial charge is 0.352 e. The molecule has 198 valence electrons. The summed E-state index contributed by atoms with van der Waals surface area (Å²) in [6.45, 7) is 1.58. The van der Waals surface area contributed by atoms with Crippen molar-refractivity contribution in [3.8, 4) is 33.0 Å². The fraction of sp³-hybridized carbons (Fsp3) is 0.0312. The third-order valence-corrected chi connectivity index (χ3v) is 8.17. The Labute approximate surface area is 238 Å². The van der Waals surface area contributed by atoms with Crippen molar-refractivity contribution in [2.45, 2.75) is 6.92 Å². The molecule has 0 atom stereocenters. The van der Waals surface area contributed by atoms with Crippen LogP contribution < -0.4 is 5.32 Å². The van der Waals surface area contributed by atoms with Crippen molar-refractivity contribution in [1.29, 1.82) is 0 Å². The Morgan fingerprint density at radius 3 is 2.49 bits per heavy atom. The number of fused-ring (bicyclic) bond motifs is 2. The topological polar surface area (TPSA) is 116 Å². The molecule has 0 radical (unpaired) electrons. The number of nitrogens with zero attached hydrogens (tertiary/aromatic N) is 3. The van der Waals surface area contributed by atoms with Crippen LogP contribution in [0.5, 0.6) is 0 Å². The van der Waals surface area contributed by atoms with Gasteiger partial charge in [0.25, 0.3) is 5.91 Å². The summed E-state index contributed by atoms with van der Waals surface area (Å²) < 4.78 is 0. The van der Waals surface area contributed by atoms with Gasteiger partial charge in [0, 0.05) is 44.7 Å². The minimum absolute atomic E-state index is 0.0502. The molecule has 2 aromatic carbocycles. The van der Waals surface area contributed by atoms with E-state index in [1.165, 1.54) is 11.3 Å². The maximum Gasteiger partial charge on any atom is 0.255 e. The lowest BCUT2D eigenvalue weighted by molar-refractivity contribution is 0.101. The van der Waals surface area contributed by atoms with Crippen molar-refractivity contribution in [2.24, 2.45) is 0 Å². The first kappa shape index (κ1) is 24.6. The van der Waals surface area contributed by atoms with E-state index in [-0.39, 0.29) is 11.7 Å². The molecule has 0 aliphatic heterocycles. The second-order valence-electron chi connectivity index (χ2n) is 9.67. The number of rotatable bonds is 6. The van der Waals surface area contributed by atoms with E-state index in [2.05, 4.69) is 42.6 Å². The third kappa shape index (κ3) is 4.58. The average molecular weight is 555 g/mol. The molecule has 0 unspecified atom stereocenters. The number of benzene rings is 2. The SMILES string of the molecule is CC(=O)c1ccc(-c2cncc3[nH]c(-c4n[nH]c5ccc(-c6cncc(NC(=O)c7ccccc7)c6)cc45)cc23)s1. The Balaban J connectivity index is 1.24. The Kier molecular flexibility index (Phi) is 5.98. The second kappa shape index (κ2) is 9.96. The first-order valence-electron chi connectivity index (χ1n) is 12.9. The van der Waals surface area contributed by atoms with Gasteiger partial charge >= 0.3 is 0 Å². The van der Waals surface area contributed by atoms with Gasteiger partial charge in [0.15, 0.2) is 5.78 Å². The van der Waals surface area contributed by atoms with Crippen molar-refractivity contribution < 1.29 is 9.59 Å². The summed E-state index contributed by atoms with van der Waals surface area (Å²) in [6, 6.07) is 22.9. The van der Waals surface area contributed by atoms with E-state index in [1.807, 2.05) is 54.7 Å². The van der Waals surface area contributed by atoms with Gasteiger partial charge in [-0.3, -0.25) is 24.7 Å². The van der Waals surface area contributed by atoms with Crippen LogP contribution in [0.25, 0.3) is 54.8 Å². The van der Waals surface area contributed by atoms with Crippen LogP contribution in [-0.4, -0.2) is 36.8 Å². The Hall–Kier alpha value is -5.41. The number of hydrogen-bond donors (Lipinski definition) is 3. The van der Waals surface area contributed by atoms with E-state index in [4.69, 9.17) is 0 Å². The number of Topliss-reactive ketones (excluding diaryl/α,β-unsaturated/α-hetero) is 1.